The smallest absolute Gasteiger partial charge is 0.265 e. The van der Waals surface area contributed by atoms with Crippen LogP contribution in [0.1, 0.15) is 30.9 Å². The summed E-state index contributed by atoms with van der Waals surface area (Å²) in [6, 6.07) is 23.6. The minimum Gasteiger partial charge on any atom is -0.294 e. The van der Waals surface area contributed by atoms with Gasteiger partial charge in [0, 0.05) is 10.7 Å². The number of para-hydroxylation sites is 2. The summed E-state index contributed by atoms with van der Waals surface area (Å²) < 4.78 is 3.52. The van der Waals surface area contributed by atoms with Crippen molar-refractivity contribution in [1.82, 2.24) is 24.1 Å². The summed E-state index contributed by atoms with van der Waals surface area (Å²) in [7, 11) is 0. The number of benzene rings is 3. The second-order valence-electron chi connectivity index (χ2n) is 8.96. The van der Waals surface area contributed by atoms with Gasteiger partial charge in [0.2, 0.25) is 0 Å². The molecule has 6 aromatic rings. The first-order chi connectivity index (χ1) is 17.6. The van der Waals surface area contributed by atoms with Crippen LogP contribution in [0.4, 0.5) is 0 Å². The van der Waals surface area contributed by atoms with Gasteiger partial charge in [0.1, 0.15) is 17.2 Å². The van der Waals surface area contributed by atoms with Crippen molar-refractivity contribution in [2.24, 2.45) is 0 Å². The van der Waals surface area contributed by atoms with Gasteiger partial charge in [-0.3, -0.25) is 13.9 Å². The molecule has 0 saturated heterocycles. The molecule has 6 rings (SSSR count). The fourth-order valence-electron chi connectivity index (χ4n) is 4.63. The van der Waals surface area contributed by atoms with Crippen molar-refractivity contribution in [2.45, 2.75) is 32.7 Å². The molecule has 0 fully saturated rings. The average Bonchev–Trinajstić information content (AvgIpc) is 3.23. The predicted molar refractivity (Wildman–Crippen MR) is 145 cm³/mol. The standard InChI is InChI=1S/C29H24ClN5O/c1-2-3-8-19-13-15-21(16-14-19)35-27-25(26-28(35)33-24-12-7-6-11-23(24)32-26)29(36)34(18-31-27)17-20-9-4-5-10-22(20)30/h4-7,9-16,18H,2-3,8,17H2,1H3. The molecule has 0 aliphatic carbocycles. The Kier molecular flexibility index (Phi) is 5.74. The van der Waals surface area contributed by atoms with Gasteiger partial charge in [-0.2, -0.15) is 0 Å². The quantitative estimate of drug-likeness (QED) is 0.272. The maximum Gasteiger partial charge on any atom is 0.265 e. The molecule has 3 heterocycles. The maximum absolute atomic E-state index is 13.8. The Bertz CT molecular complexity index is 1790. The average molecular weight is 494 g/mol. The first-order valence-corrected chi connectivity index (χ1v) is 12.5. The Morgan fingerprint density at radius 2 is 1.58 bits per heavy atom. The van der Waals surface area contributed by atoms with Crippen LogP contribution in [0.15, 0.2) is 83.9 Å². The van der Waals surface area contributed by atoms with Gasteiger partial charge < -0.3 is 0 Å². The predicted octanol–water partition coefficient (Wildman–Crippen LogP) is 6.33. The maximum atomic E-state index is 13.8. The molecule has 0 unspecified atom stereocenters. The number of fused-ring (bicyclic) bond motifs is 4. The van der Waals surface area contributed by atoms with Crippen LogP contribution in [-0.4, -0.2) is 24.1 Å². The molecule has 0 bridgehead atoms. The van der Waals surface area contributed by atoms with E-state index in [1.54, 1.807) is 10.9 Å². The number of aromatic nitrogens is 5. The second-order valence-corrected chi connectivity index (χ2v) is 9.36. The van der Waals surface area contributed by atoms with Gasteiger partial charge in [0.15, 0.2) is 11.3 Å². The highest BCUT2D eigenvalue weighted by molar-refractivity contribution is 6.31. The second kappa shape index (κ2) is 9.21. The SMILES string of the molecule is CCCCc1ccc(-n2c3nc4ccccc4nc3c3c(=O)n(Cc4ccccc4Cl)cnc32)cc1. The van der Waals surface area contributed by atoms with Crippen molar-refractivity contribution in [1.29, 1.82) is 0 Å². The van der Waals surface area contributed by atoms with E-state index in [0.29, 0.717) is 33.8 Å². The normalized spacial score (nSPS) is 11.6. The molecule has 0 spiro atoms. The molecule has 0 aliphatic rings. The summed E-state index contributed by atoms with van der Waals surface area (Å²) in [6.07, 6.45) is 4.93. The highest BCUT2D eigenvalue weighted by Gasteiger charge is 2.21. The van der Waals surface area contributed by atoms with E-state index in [1.807, 2.05) is 53.1 Å². The number of nitrogens with zero attached hydrogens (tertiary/aromatic N) is 5. The molecule has 0 saturated carbocycles. The monoisotopic (exact) mass is 493 g/mol. The lowest BCUT2D eigenvalue weighted by Crippen LogP contribution is -2.21. The van der Waals surface area contributed by atoms with Gasteiger partial charge in [-0.15, -0.1) is 0 Å². The number of hydrogen-bond donors (Lipinski definition) is 0. The van der Waals surface area contributed by atoms with Crippen molar-refractivity contribution < 1.29 is 0 Å². The Hall–Kier alpha value is -4.03. The summed E-state index contributed by atoms with van der Waals surface area (Å²) >= 11 is 6.37. The summed E-state index contributed by atoms with van der Waals surface area (Å²) in [5, 5.41) is 1.06. The molecule has 0 N–H and O–H groups in total. The van der Waals surface area contributed by atoms with E-state index in [1.165, 1.54) is 5.56 Å². The Balaban J connectivity index is 1.60. The lowest BCUT2D eigenvalue weighted by molar-refractivity contribution is 0.747. The fraction of sp³-hybridized carbons (Fsp3) is 0.172. The molecular formula is C29H24ClN5O. The molecule has 178 valence electrons. The first kappa shape index (κ1) is 22.4. The summed E-state index contributed by atoms with van der Waals surface area (Å²) in [6.45, 7) is 2.51. The van der Waals surface area contributed by atoms with Gasteiger partial charge >= 0.3 is 0 Å². The van der Waals surface area contributed by atoms with E-state index in [9.17, 15) is 4.79 Å². The number of aryl methyl sites for hydroxylation is 1. The Labute approximate surface area is 212 Å². The highest BCUT2D eigenvalue weighted by Crippen LogP contribution is 2.28. The van der Waals surface area contributed by atoms with Gasteiger partial charge in [-0.1, -0.05) is 67.4 Å². The molecule has 0 atom stereocenters. The van der Waals surface area contributed by atoms with Crippen molar-refractivity contribution in [3.8, 4) is 5.69 Å². The van der Waals surface area contributed by atoms with Crippen molar-refractivity contribution in [3.63, 3.8) is 0 Å². The molecular weight excluding hydrogens is 470 g/mol. The third-order valence-electron chi connectivity index (χ3n) is 6.54. The molecule has 36 heavy (non-hydrogen) atoms. The molecule has 0 aliphatic heterocycles. The van der Waals surface area contributed by atoms with E-state index in [4.69, 9.17) is 26.6 Å². The van der Waals surface area contributed by atoms with Gasteiger partial charge in [-0.25, -0.2) is 15.0 Å². The molecule has 6 nitrogen and oxygen atoms in total. The molecule has 3 aromatic carbocycles. The fourth-order valence-corrected chi connectivity index (χ4v) is 4.83. The molecule has 0 amide bonds. The van der Waals surface area contributed by atoms with Gasteiger partial charge in [0.25, 0.3) is 5.56 Å². The minimum absolute atomic E-state index is 0.173. The van der Waals surface area contributed by atoms with Crippen LogP contribution in [0, 0.1) is 0 Å². The third kappa shape index (κ3) is 3.84. The van der Waals surface area contributed by atoms with E-state index in [0.717, 1.165) is 41.5 Å². The summed E-state index contributed by atoms with van der Waals surface area (Å²) in [4.78, 5) is 28.4. The molecule has 0 radical (unpaired) electrons. The minimum atomic E-state index is -0.173. The number of rotatable bonds is 6. The van der Waals surface area contributed by atoms with Crippen molar-refractivity contribution in [2.75, 3.05) is 0 Å². The van der Waals surface area contributed by atoms with E-state index in [-0.39, 0.29) is 5.56 Å². The zero-order chi connectivity index (χ0) is 24.6. The van der Waals surface area contributed by atoms with Crippen LogP contribution in [0.5, 0.6) is 0 Å². The molecule has 3 aromatic heterocycles. The Morgan fingerprint density at radius 1 is 0.861 bits per heavy atom. The lowest BCUT2D eigenvalue weighted by atomic mass is 10.1. The van der Waals surface area contributed by atoms with E-state index in [2.05, 4.69) is 31.2 Å². The van der Waals surface area contributed by atoms with Crippen LogP contribution in [0.2, 0.25) is 5.02 Å². The topological polar surface area (TPSA) is 65.6 Å². The van der Waals surface area contributed by atoms with Crippen molar-refractivity contribution >= 4 is 44.8 Å². The lowest BCUT2D eigenvalue weighted by Gasteiger charge is -2.09. The zero-order valence-corrected chi connectivity index (χ0v) is 20.6. The van der Waals surface area contributed by atoms with Crippen LogP contribution in [0.25, 0.3) is 38.9 Å². The van der Waals surface area contributed by atoms with Gasteiger partial charge in [-0.05, 0) is 54.3 Å². The number of unbranched alkanes of at least 4 members (excludes halogenated alkanes) is 1. The number of halogens is 1. The van der Waals surface area contributed by atoms with Crippen LogP contribution in [0.3, 0.4) is 0 Å². The van der Waals surface area contributed by atoms with E-state index < -0.39 is 0 Å². The molecule has 7 heteroatoms. The van der Waals surface area contributed by atoms with Crippen LogP contribution >= 0.6 is 11.6 Å². The van der Waals surface area contributed by atoms with Gasteiger partial charge in [0.05, 0.1) is 17.6 Å². The first-order valence-electron chi connectivity index (χ1n) is 12.1. The largest absolute Gasteiger partial charge is 0.294 e. The highest BCUT2D eigenvalue weighted by atomic mass is 35.5. The summed E-state index contributed by atoms with van der Waals surface area (Å²) in [5.41, 5.74) is 6.07. The number of hydrogen-bond acceptors (Lipinski definition) is 4. The van der Waals surface area contributed by atoms with Crippen LogP contribution < -0.4 is 5.56 Å². The third-order valence-corrected chi connectivity index (χ3v) is 6.91. The summed E-state index contributed by atoms with van der Waals surface area (Å²) in [5.74, 6) is 0. The zero-order valence-electron chi connectivity index (χ0n) is 19.9. The Morgan fingerprint density at radius 3 is 2.33 bits per heavy atom. The van der Waals surface area contributed by atoms with Crippen LogP contribution in [-0.2, 0) is 13.0 Å². The van der Waals surface area contributed by atoms with Crippen molar-refractivity contribution in [3.05, 3.63) is 106 Å². The van der Waals surface area contributed by atoms with E-state index >= 15 is 0 Å².